The van der Waals surface area contributed by atoms with E-state index in [-0.39, 0.29) is 12.0 Å². The molecule has 0 atom stereocenters. The average molecular weight is 258 g/mol. The van der Waals surface area contributed by atoms with Gasteiger partial charge in [-0.25, -0.2) is 0 Å². The third kappa shape index (κ3) is 4.34. The number of rotatable bonds is 8. The Morgan fingerprint density at radius 1 is 1.26 bits per heavy atom. The molecule has 1 N–H and O–H groups in total. The first kappa shape index (κ1) is 14.0. The van der Waals surface area contributed by atoms with Crippen molar-refractivity contribution in [2.75, 3.05) is 19.7 Å². The Hall–Kier alpha value is -1.37. The van der Waals surface area contributed by atoms with E-state index in [0.717, 1.165) is 26.1 Å². The molecule has 0 aromatic heterocycles. The molecule has 3 nitrogen and oxygen atoms in total. The molecule has 1 aromatic carbocycles. The van der Waals surface area contributed by atoms with Crippen molar-refractivity contribution < 1.29 is 5.11 Å². The Kier molecular flexibility index (Phi) is 4.95. The van der Waals surface area contributed by atoms with Crippen molar-refractivity contribution in [2.45, 2.75) is 32.2 Å². The first-order chi connectivity index (χ1) is 9.28. The molecule has 1 aliphatic rings. The average Bonchev–Trinajstić information content (AvgIpc) is 3.17. The van der Waals surface area contributed by atoms with Crippen molar-refractivity contribution in [1.29, 1.82) is 5.26 Å². The molecule has 0 bridgehead atoms. The van der Waals surface area contributed by atoms with Crippen molar-refractivity contribution >= 4 is 0 Å². The van der Waals surface area contributed by atoms with Crippen LogP contribution >= 0.6 is 0 Å². The minimum Gasteiger partial charge on any atom is -0.396 e. The fraction of sp³-hybridized carbons (Fsp3) is 0.562. The quantitative estimate of drug-likeness (QED) is 0.779. The van der Waals surface area contributed by atoms with E-state index in [1.54, 1.807) is 0 Å². The topological polar surface area (TPSA) is 47.3 Å². The summed E-state index contributed by atoms with van der Waals surface area (Å²) >= 11 is 0. The van der Waals surface area contributed by atoms with Crippen LogP contribution in [0.15, 0.2) is 30.3 Å². The van der Waals surface area contributed by atoms with E-state index in [1.807, 2.05) is 6.07 Å². The SMILES string of the molecule is N#CCC1(CN(CCCO)Cc2ccccc2)CC1. The number of aliphatic hydroxyl groups excluding tert-OH is 1. The van der Waals surface area contributed by atoms with Crippen LogP contribution in [-0.2, 0) is 6.54 Å². The zero-order chi connectivity index (χ0) is 13.6. The predicted octanol–water partition coefficient (Wildman–Crippen LogP) is 2.56. The second-order valence-corrected chi connectivity index (χ2v) is 5.61. The van der Waals surface area contributed by atoms with Crippen molar-refractivity contribution in [1.82, 2.24) is 4.90 Å². The summed E-state index contributed by atoms with van der Waals surface area (Å²) in [6.45, 7) is 3.03. The monoisotopic (exact) mass is 258 g/mol. The molecule has 19 heavy (non-hydrogen) atoms. The van der Waals surface area contributed by atoms with Crippen LogP contribution in [0.4, 0.5) is 0 Å². The van der Waals surface area contributed by atoms with Gasteiger partial charge in [0.15, 0.2) is 0 Å². The molecule has 1 saturated carbocycles. The van der Waals surface area contributed by atoms with Crippen molar-refractivity contribution in [2.24, 2.45) is 5.41 Å². The number of hydrogen-bond acceptors (Lipinski definition) is 3. The van der Waals surface area contributed by atoms with Gasteiger partial charge in [-0.15, -0.1) is 0 Å². The Labute approximate surface area is 115 Å². The van der Waals surface area contributed by atoms with Gasteiger partial charge in [-0.1, -0.05) is 30.3 Å². The first-order valence-corrected chi connectivity index (χ1v) is 7.02. The zero-order valence-electron chi connectivity index (χ0n) is 11.4. The number of hydrogen-bond donors (Lipinski definition) is 1. The lowest BCUT2D eigenvalue weighted by molar-refractivity contribution is 0.187. The third-order valence-corrected chi connectivity index (χ3v) is 3.85. The highest BCUT2D eigenvalue weighted by Gasteiger charge is 2.43. The molecule has 3 heteroatoms. The lowest BCUT2D eigenvalue weighted by atomic mass is 10.0. The van der Waals surface area contributed by atoms with E-state index < -0.39 is 0 Å². The molecule has 0 radical (unpaired) electrons. The fourth-order valence-electron chi connectivity index (χ4n) is 2.56. The van der Waals surface area contributed by atoms with Crippen LogP contribution in [0, 0.1) is 16.7 Å². The molecule has 0 aliphatic heterocycles. The van der Waals surface area contributed by atoms with Crippen LogP contribution in [-0.4, -0.2) is 29.7 Å². The normalized spacial score (nSPS) is 16.3. The van der Waals surface area contributed by atoms with Crippen LogP contribution in [0.5, 0.6) is 0 Å². The Morgan fingerprint density at radius 3 is 2.58 bits per heavy atom. The molecule has 1 aromatic rings. The standard InChI is InChI=1S/C16H22N2O/c17-10-9-16(7-8-16)14-18(11-4-12-19)13-15-5-2-1-3-6-15/h1-3,5-6,19H,4,7-9,11-14H2. The lowest BCUT2D eigenvalue weighted by Gasteiger charge is -2.26. The predicted molar refractivity (Wildman–Crippen MR) is 75.3 cm³/mol. The molecule has 0 unspecified atom stereocenters. The second kappa shape index (κ2) is 6.70. The zero-order valence-corrected chi connectivity index (χ0v) is 11.4. The molecule has 102 valence electrons. The lowest BCUT2D eigenvalue weighted by Crippen LogP contribution is -2.31. The maximum absolute atomic E-state index is 9.02. The van der Waals surface area contributed by atoms with Crippen LogP contribution in [0.2, 0.25) is 0 Å². The second-order valence-electron chi connectivity index (χ2n) is 5.61. The van der Waals surface area contributed by atoms with Gasteiger partial charge in [0, 0.05) is 32.7 Å². The van der Waals surface area contributed by atoms with Crippen LogP contribution in [0.25, 0.3) is 0 Å². The number of benzene rings is 1. The van der Waals surface area contributed by atoms with Gasteiger partial charge in [0.2, 0.25) is 0 Å². The third-order valence-electron chi connectivity index (χ3n) is 3.85. The summed E-state index contributed by atoms with van der Waals surface area (Å²) in [6.07, 6.45) is 3.81. The molecule has 1 fully saturated rings. The van der Waals surface area contributed by atoms with Crippen molar-refractivity contribution in [3.05, 3.63) is 35.9 Å². The molecule has 0 heterocycles. The van der Waals surface area contributed by atoms with Crippen LogP contribution < -0.4 is 0 Å². The summed E-state index contributed by atoms with van der Waals surface area (Å²) in [6, 6.07) is 12.7. The van der Waals surface area contributed by atoms with Crippen LogP contribution in [0.3, 0.4) is 0 Å². The van der Waals surface area contributed by atoms with Gasteiger partial charge in [-0.05, 0) is 30.2 Å². The Morgan fingerprint density at radius 2 is 2.00 bits per heavy atom. The molecular weight excluding hydrogens is 236 g/mol. The van der Waals surface area contributed by atoms with Crippen molar-refractivity contribution in [3.63, 3.8) is 0 Å². The summed E-state index contributed by atoms with van der Waals surface area (Å²) in [5.41, 5.74) is 1.53. The van der Waals surface area contributed by atoms with Crippen LogP contribution in [0.1, 0.15) is 31.2 Å². The summed E-state index contributed by atoms with van der Waals surface area (Å²) in [7, 11) is 0. The molecule has 0 spiro atoms. The van der Waals surface area contributed by atoms with E-state index in [2.05, 4.69) is 35.2 Å². The van der Waals surface area contributed by atoms with Gasteiger partial charge in [0.25, 0.3) is 0 Å². The summed E-state index contributed by atoms with van der Waals surface area (Å²) in [5, 5.41) is 17.9. The molecular formula is C16H22N2O. The largest absolute Gasteiger partial charge is 0.396 e. The fourth-order valence-corrected chi connectivity index (χ4v) is 2.56. The smallest absolute Gasteiger partial charge is 0.0628 e. The maximum Gasteiger partial charge on any atom is 0.0628 e. The van der Waals surface area contributed by atoms with Gasteiger partial charge in [0.1, 0.15) is 0 Å². The highest BCUT2D eigenvalue weighted by molar-refractivity contribution is 5.14. The molecule has 0 amide bonds. The van der Waals surface area contributed by atoms with Gasteiger partial charge < -0.3 is 5.11 Å². The van der Waals surface area contributed by atoms with E-state index in [4.69, 9.17) is 10.4 Å². The maximum atomic E-state index is 9.02. The van der Waals surface area contributed by atoms with E-state index in [9.17, 15) is 0 Å². The number of nitriles is 1. The van der Waals surface area contributed by atoms with E-state index in [0.29, 0.717) is 6.42 Å². The minimum atomic E-state index is 0.233. The summed E-state index contributed by atoms with van der Waals surface area (Å²) in [5.74, 6) is 0. The molecule has 0 saturated heterocycles. The van der Waals surface area contributed by atoms with Gasteiger partial charge >= 0.3 is 0 Å². The molecule has 2 rings (SSSR count). The minimum absolute atomic E-state index is 0.233. The highest BCUT2D eigenvalue weighted by atomic mass is 16.3. The molecule has 1 aliphatic carbocycles. The summed E-state index contributed by atoms with van der Waals surface area (Å²) in [4.78, 5) is 2.38. The Bertz CT molecular complexity index is 420. The highest BCUT2D eigenvalue weighted by Crippen LogP contribution is 2.49. The number of nitrogens with zero attached hydrogens (tertiary/aromatic N) is 2. The van der Waals surface area contributed by atoms with Gasteiger partial charge in [0.05, 0.1) is 6.07 Å². The number of aliphatic hydroxyl groups is 1. The van der Waals surface area contributed by atoms with E-state index >= 15 is 0 Å². The van der Waals surface area contributed by atoms with Crippen molar-refractivity contribution in [3.8, 4) is 6.07 Å². The van der Waals surface area contributed by atoms with E-state index in [1.165, 1.54) is 18.4 Å². The van der Waals surface area contributed by atoms with Gasteiger partial charge in [-0.2, -0.15) is 5.26 Å². The first-order valence-electron chi connectivity index (χ1n) is 7.02. The van der Waals surface area contributed by atoms with Gasteiger partial charge in [-0.3, -0.25) is 4.90 Å². The summed E-state index contributed by atoms with van der Waals surface area (Å²) < 4.78 is 0. The Balaban J connectivity index is 1.94.